The zero-order valence-corrected chi connectivity index (χ0v) is 15.8. The molecule has 0 saturated carbocycles. The van der Waals surface area contributed by atoms with Crippen LogP contribution >= 0.6 is 0 Å². The number of aromatic nitrogens is 5. The Hall–Kier alpha value is -3.52. The first-order valence-electron chi connectivity index (χ1n) is 9.55. The first-order chi connectivity index (χ1) is 14.3. The highest BCUT2D eigenvalue weighted by Gasteiger charge is 2.16. The number of rotatable bonds is 4. The Bertz CT molecular complexity index is 1190. The molecule has 146 valence electrons. The summed E-state index contributed by atoms with van der Waals surface area (Å²) in [6.07, 6.45) is 8.66. The standard InChI is InChI=1S/C21H20N6O2/c28-21-18-13-23-20(17-12-22-14-19(24-17)25-8-10-29-11-9-25)27(18)7-6-26(21)15-16-4-2-1-3-5-16/h1-7,12-14H,8-11,15H2. The van der Waals surface area contributed by atoms with Crippen LogP contribution in [0.15, 0.2) is 66.1 Å². The third-order valence-corrected chi connectivity index (χ3v) is 5.05. The molecule has 1 aromatic carbocycles. The van der Waals surface area contributed by atoms with Crippen molar-refractivity contribution in [2.75, 3.05) is 31.2 Å². The Kier molecular flexibility index (Phi) is 4.53. The van der Waals surface area contributed by atoms with Gasteiger partial charge in [-0.3, -0.25) is 14.2 Å². The van der Waals surface area contributed by atoms with Crippen molar-refractivity contribution in [2.45, 2.75) is 6.54 Å². The van der Waals surface area contributed by atoms with Gasteiger partial charge in [0.2, 0.25) is 0 Å². The van der Waals surface area contributed by atoms with Gasteiger partial charge in [-0.15, -0.1) is 0 Å². The van der Waals surface area contributed by atoms with Gasteiger partial charge in [-0.1, -0.05) is 30.3 Å². The highest BCUT2D eigenvalue weighted by atomic mass is 16.5. The average molecular weight is 388 g/mol. The van der Waals surface area contributed by atoms with Crippen LogP contribution in [0, 0.1) is 0 Å². The molecule has 4 aromatic rings. The van der Waals surface area contributed by atoms with Crippen molar-refractivity contribution in [1.29, 1.82) is 0 Å². The monoisotopic (exact) mass is 388 g/mol. The molecule has 1 aliphatic heterocycles. The van der Waals surface area contributed by atoms with E-state index in [0.717, 1.165) is 24.5 Å². The number of hydrogen-bond acceptors (Lipinski definition) is 6. The molecule has 0 radical (unpaired) electrons. The van der Waals surface area contributed by atoms with Gasteiger partial charge in [0, 0.05) is 25.5 Å². The highest BCUT2D eigenvalue weighted by molar-refractivity contribution is 5.59. The minimum Gasteiger partial charge on any atom is -0.378 e. The zero-order valence-electron chi connectivity index (χ0n) is 15.8. The molecule has 1 saturated heterocycles. The lowest BCUT2D eigenvalue weighted by Gasteiger charge is -2.27. The van der Waals surface area contributed by atoms with Crippen molar-refractivity contribution in [1.82, 2.24) is 23.9 Å². The molecule has 8 heteroatoms. The number of hydrogen-bond donors (Lipinski definition) is 0. The lowest BCUT2D eigenvalue weighted by Crippen LogP contribution is -2.36. The van der Waals surface area contributed by atoms with Gasteiger partial charge in [0.15, 0.2) is 5.82 Å². The van der Waals surface area contributed by atoms with Crippen LogP contribution in [0.3, 0.4) is 0 Å². The smallest absolute Gasteiger partial charge is 0.276 e. The van der Waals surface area contributed by atoms with Crippen molar-refractivity contribution in [3.8, 4) is 11.5 Å². The van der Waals surface area contributed by atoms with Crippen LogP contribution in [0.2, 0.25) is 0 Å². The first kappa shape index (κ1) is 17.6. The molecule has 5 rings (SSSR count). The fourth-order valence-electron chi connectivity index (χ4n) is 3.53. The van der Waals surface area contributed by atoms with Gasteiger partial charge in [-0.2, -0.15) is 0 Å². The van der Waals surface area contributed by atoms with Gasteiger partial charge in [0.1, 0.15) is 17.0 Å². The summed E-state index contributed by atoms with van der Waals surface area (Å²) in [5.74, 6) is 1.39. The van der Waals surface area contributed by atoms with Crippen molar-refractivity contribution in [2.24, 2.45) is 0 Å². The van der Waals surface area contributed by atoms with E-state index in [4.69, 9.17) is 9.72 Å². The first-order valence-corrected chi connectivity index (χ1v) is 9.55. The summed E-state index contributed by atoms with van der Waals surface area (Å²) >= 11 is 0. The molecule has 1 fully saturated rings. The summed E-state index contributed by atoms with van der Waals surface area (Å²) in [5.41, 5.74) is 2.13. The molecule has 29 heavy (non-hydrogen) atoms. The van der Waals surface area contributed by atoms with Gasteiger partial charge < -0.3 is 14.2 Å². The molecular formula is C21H20N6O2. The van der Waals surface area contributed by atoms with Gasteiger partial charge in [-0.05, 0) is 5.56 Å². The maximum absolute atomic E-state index is 12.9. The van der Waals surface area contributed by atoms with E-state index < -0.39 is 0 Å². The summed E-state index contributed by atoms with van der Waals surface area (Å²) in [4.78, 5) is 28.6. The third-order valence-electron chi connectivity index (χ3n) is 5.05. The summed E-state index contributed by atoms with van der Waals surface area (Å²) in [5, 5.41) is 0. The molecule has 0 unspecified atom stereocenters. The van der Waals surface area contributed by atoms with Gasteiger partial charge in [-0.25, -0.2) is 9.97 Å². The Morgan fingerprint density at radius 3 is 2.66 bits per heavy atom. The molecule has 0 atom stereocenters. The fourth-order valence-corrected chi connectivity index (χ4v) is 3.53. The molecule has 4 heterocycles. The van der Waals surface area contributed by atoms with E-state index >= 15 is 0 Å². The largest absolute Gasteiger partial charge is 0.378 e. The van der Waals surface area contributed by atoms with Crippen molar-refractivity contribution >= 4 is 11.3 Å². The van der Waals surface area contributed by atoms with Gasteiger partial charge >= 0.3 is 0 Å². The van der Waals surface area contributed by atoms with Crippen molar-refractivity contribution < 1.29 is 4.74 Å². The summed E-state index contributed by atoms with van der Waals surface area (Å²) in [6, 6.07) is 9.91. The SMILES string of the molecule is O=c1c2cnc(-c3cncc(N4CCOCC4)n3)n2ccn1Cc1ccccc1. The van der Waals surface area contributed by atoms with Crippen LogP contribution in [-0.4, -0.2) is 50.2 Å². The molecule has 0 N–H and O–H groups in total. The maximum Gasteiger partial charge on any atom is 0.276 e. The minimum atomic E-state index is -0.0904. The van der Waals surface area contributed by atoms with E-state index in [1.54, 1.807) is 33.8 Å². The lowest BCUT2D eigenvalue weighted by molar-refractivity contribution is 0.122. The second kappa shape index (κ2) is 7.48. The molecule has 0 spiro atoms. The number of imidazole rings is 1. The molecule has 0 amide bonds. The Morgan fingerprint density at radius 2 is 1.83 bits per heavy atom. The number of fused-ring (bicyclic) bond motifs is 1. The second-order valence-electron chi connectivity index (χ2n) is 6.92. The maximum atomic E-state index is 12.9. The Balaban J connectivity index is 1.50. The third kappa shape index (κ3) is 3.38. The predicted molar refractivity (Wildman–Crippen MR) is 109 cm³/mol. The van der Waals surface area contributed by atoms with Crippen LogP contribution in [0.25, 0.3) is 17.0 Å². The van der Waals surface area contributed by atoms with Crippen LogP contribution in [-0.2, 0) is 11.3 Å². The quantitative estimate of drug-likeness (QED) is 0.531. The van der Waals surface area contributed by atoms with Crippen molar-refractivity contribution in [3.63, 3.8) is 0 Å². The van der Waals surface area contributed by atoms with Crippen molar-refractivity contribution in [3.05, 3.63) is 77.2 Å². The molecular weight excluding hydrogens is 368 g/mol. The molecule has 0 bridgehead atoms. The fraction of sp³-hybridized carbons (Fsp3) is 0.238. The Morgan fingerprint density at radius 1 is 1.00 bits per heavy atom. The number of ether oxygens (including phenoxy) is 1. The summed E-state index contributed by atoms with van der Waals surface area (Å²) < 4.78 is 8.87. The number of anilines is 1. The summed E-state index contributed by atoms with van der Waals surface area (Å²) in [7, 11) is 0. The molecule has 0 aliphatic carbocycles. The van der Waals surface area contributed by atoms with E-state index in [0.29, 0.717) is 36.8 Å². The number of benzene rings is 1. The van der Waals surface area contributed by atoms with Gasteiger partial charge in [0.25, 0.3) is 5.56 Å². The van der Waals surface area contributed by atoms with E-state index in [1.165, 1.54) is 0 Å². The van der Waals surface area contributed by atoms with Crippen LogP contribution < -0.4 is 10.5 Å². The van der Waals surface area contributed by atoms with E-state index in [1.807, 2.05) is 36.5 Å². The van der Waals surface area contributed by atoms with Crippen LogP contribution in [0.5, 0.6) is 0 Å². The number of morpholine rings is 1. The average Bonchev–Trinajstić information content (AvgIpc) is 3.22. The highest BCUT2D eigenvalue weighted by Crippen LogP contribution is 2.19. The van der Waals surface area contributed by atoms with E-state index in [9.17, 15) is 4.79 Å². The lowest BCUT2D eigenvalue weighted by atomic mass is 10.2. The second-order valence-corrected chi connectivity index (χ2v) is 6.92. The summed E-state index contributed by atoms with van der Waals surface area (Å²) in [6.45, 7) is 3.44. The van der Waals surface area contributed by atoms with Crippen LogP contribution in [0.1, 0.15) is 5.56 Å². The van der Waals surface area contributed by atoms with E-state index in [-0.39, 0.29) is 5.56 Å². The zero-order chi connectivity index (χ0) is 19.6. The van der Waals surface area contributed by atoms with Crippen LogP contribution in [0.4, 0.5) is 5.82 Å². The van der Waals surface area contributed by atoms with Gasteiger partial charge in [0.05, 0.1) is 38.3 Å². The topological polar surface area (TPSA) is 77.6 Å². The molecule has 8 nitrogen and oxygen atoms in total. The number of nitrogens with zero attached hydrogens (tertiary/aromatic N) is 6. The molecule has 1 aliphatic rings. The Labute approximate surface area is 167 Å². The predicted octanol–water partition coefficient (Wildman–Crippen LogP) is 1.84. The minimum absolute atomic E-state index is 0.0904. The molecule has 3 aromatic heterocycles. The normalized spacial score (nSPS) is 14.4. The van der Waals surface area contributed by atoms with E-state index in [2.05, 4.69) is 14.9 Å².